The number of halogens is 3. The van der Waals surface area contributed by atoms with E-state index in [0.717, 1.165) is 32.4 Å². The fourth-order valence-corrected chi connectivity index (χ4v) is 2.40. The fourth-order valence-electron chi connectivity index (χ4n) is 1.68. The molecule has 0 atom stereocenters. The summed E-state index contributed by atoms with van der Waals surface area (Å²) in [5.74, 6) is -0.301. The zero-order valence-corrected chi connectivity index (χ0v) is 10.3. The summed E-state index contributed by atoms with van der Waals surface area (Å²) >= 11 is 0.409. The van der Waals surface area contributed by atoms with Crippen LogP contribution in [-0.2, 0) is 6.18 Å². The molecule has 1 aromatic heterocycles. The molecule has 0 amide bonds. The van der Waals surface area contributed by atoms with Gasteiger partial charge in [0.25, 0.3) is 0 Å². The Balaban J connectivity index is 1.98. The average molecular weight is 279 g/mol. The van der Waals surface area contributed by atoms with Gasteiger partial charge < -0.3 is 5.32 Å². The van der Waals surface area contributed by atoms with Gasteiger partial charge in [0, 0.05) is 32.4 Å². The van der Waals surface area contributed by atoms with E-state index < -0.39 is 11.2 Å². The first-order valence-electron chi connectivity index (χ1n) is 5.46. The first kappa shape index (κ1) is 13.4. The van der Waals surface area contributed by atoms with Crippen LogP contribution in [0.1, 0.15) is 14.7 Å². The van der Waals surface area contributed by atoms with Gasteiger partial charge in [-0.15, -0.1) is 11.3 Å². The lowest BCUT2D eigenvalue weighted by Gasteiger charge is -2.26. The van der Waals surface area contributed by atoms with Crippen LogP contribution in [0.15, 0.2) is 6.20 Å². The van der Waals surface area contributed by atoms with Gasteiger partial charge in [-0.1, -0.05) is 0 Å². The molecule has 0 unspecified atom stereocenters. The molecule has 0 bridgehead atoms. The largest absolute Gasteiger partial charge is 0.443 e. The molecule has 1 saturated heterocycles. The van der Waals surface area contributed by atoms with Gasteiger partial charge in [-0.05, 0) is 0 Å². The topological polar surface area (TPSA) is 45.2 Å². The highest BCUT2D eigenvalue weighted by atomic mass is 32.1. The summed E-state index contributed by atoms with van der Waals surface area (Å²) in [6.45, 7) is 3.21. The third kappa shape index (κ3) is 3.27. The van der Waals surface area contributed by atoms with Gasteiger partial charge in [0.2, 0.25) is 0 Å². The lowest BCUT2D eigenvalue weighted by atomic mass is 10.3. The summed E-state index contributed by atoms with van der Waals surface area (Å²) in [5, 5.41) is 2.17. The van der Waals surface area contributed by atoms with Gasteiger partial charge in [0.1, 0.15) is 0 Å². The predicted octanol–water partition coefficient (Wildman–Crippen LogP) is 1.25. The molecule has 0 aliphatic carbocycles. The van der Waals surface area contributed by atoms with E-state index in [9.17, 15) is 18.0 Å². The van der Waals surface area contributed by atoms with E-state index in [1.54, 1.807) is 0 Å². The number of hydrogen-bond donors (Lipinski definition) is 1. The lowest BCUT2D eigenvalue weighted by molar-refractivity contribution is -0.137. The summed E-state index contributed by atoms with van der Waals surface area (Å²) in [5.41, 5.74) is 0. The van der Waals surface area contributed by atoms with Gasteiger partial charge in [0.05, 0.1) is 11.4 Å². The number of nitrogens with one attached hydrogen (secondary N) is 1. The van der Waals surface area contributed by atoms with Crippen molar-refractivity contribution < 1.29 is 18.0 Å². The van der Waals surface area contributed by atoms with Gasteiger partial charge in [0.15, 0.2) is 10.8 Å². The summed E-state index contributed by atoms with van der Waals surface area (Å²) in [6, 6.07) is 0. The number of carbonyl (C=O) groups excluding carboxylic acids is 1. The Bertz CT molecular complexity index is 426. The molecule has 0 spiro atoms. The second-order valence-corrected chi connectivity index (χ2v) is 5.01. The number of carbonyl (C=O) groups is 1. The Morgan fingerprint density at radius 3 is 2.67 bits per heavy atom. The minimum atomic E-state index is -4.47. The Hall–Kier alpha value is -0.990. The number of thiazole rings is 1. The molecular formula is C10H12F3N3OS. The molecule has 100 valence electrons. The van der Waals surface area contributed by atoms with Crippen LogP contribution in [-0.4, -0.2) is 48.4 Å². The van der Waals surface area contributed by atoms with Gasteiger partial charge in [-0.25, -0.2) is 4.98 Å². The van der Waals surface area contributed by atoms with E-state index in [1.807, 2.05) is 4.90 Å². The Kier molecular flexibility index (Phi) is 3.98. The summed E-state index contributed by atoms with van der Waals surface area (Å²) in [7, 11) is 0. The number of hydrogen-bond acceptors (Lipinski definition) is 5. The molecule has 1 N–H and O–H groups in total. The fraction of sp³-hybridized carbons (Fsp3) is 0.600. The number of rotatable bonds is 3. The standard InChI is InChI=1S/C10H12F3N3OS/c11-10(12,13)9-15-5-8(18-9)7(17)6-16-3-1-14-2-4-16/h5,14H,1-4,6H2. The van der Waals surface area contributed by atoms with Crippen molar-refractivity contribution in [2.45, 2.75) is 6.18 Å². The quantitative estimate of drug-likeness (QED) is 0.846. The lowest BCUT2D eigenvalue weighted by Crippen LogP contribution is -2.45. The molecule has 0 radical (unpaired) electrons. The van der Waals surface area contributed by atoms with Crippen LogP contribution in [0.4, 0.5) is 13.2 Å². The average Bonchev–Trinajstić information content (AvgIpc) is 2.79. The molecule has 1 aliphatic rings. The molecule has 0 saturated carbocycles. The van der Waals surface area contributed by atoms with Crippen molar-refractivity contribution in [2.75, 3.05) is 32.7 Å². The van der Waals surface area contributed by atoms with E-state index in [2.05, 4.69) is 10.3 Å². The monoisotopic (exact) mass is 279 g/mol. The normalized spacial score (nSPS) is 17.9. The number of ketones is 1. The third-order valence-electron chi connectivity index (χ3n) is 2.60. The summed E-state index contributed by atoms with van der Waals surface area (Å²) in [6.07, 6.45) is -3.46. The molecule has 2 heterocycles. The van der Waals surface area contributed by atoms with Crippen molar-refractivity contribution in [3.8, 4) is 0 Å². The summed E-state index contributed by atoms with van der Waals surface area (Å²) in [4.78, 5) is 17.0. The summed E-state index contributed by atoms with van der Waals surface area (Å²) < 4.78 is 37.0. The van der Waals surface area contributed by atoms with Crippen LogP contribution in [0.5, 0.6) is 0 Å². The van der Waals surface area contributed by atoms with Crippen LogP contribution < -0.4 is 5.32 Å². The number of nitrogens with zero attached hydrogens (tertiary/aromatic N) is 2. The molecule has 1 fully saturated rings. The molecule has 18 heavy (non-hydrogen) atoms. The van der Waals surface area contributed by atoms with Crippen LogP contribution in [0.2, 0.25) is 0 Å². The molecule has 8 heteroatoms. The van der Waals surface area contributed by atoms with Crippen molar-refractivity contribution in [2.24, 2.45) is 0 Å². The van der Waals surface area contributed by atoms with E-state index >= 15 is 0 Å². The van der Waals surface area contributed by atoms with Crippen LogP contribution in [0, 0.1) is 0 Å². The van der Waals surface area contributed by atoms with Crippen LogP contribution in [0.25, 0.3) is 0 Å². The van der Waals surface area contributed by atoms with Gasteiger partial charge in [-0.3, -0.25) is 9.69 Å². The number of aromatic nitrogens is 1. The Labute approximate surface area is 106 Å². The SMILES string of the molecule is O=C(CN1CCNCC1)c1cnc(C(F)(F)F)s1. The van der Waals surface area contributed by atoms with Crippen LogP contribution >= 0.6 is 11.3 Å². The van der Waals surface area contributed by atoms with E-state index in [-0.39, 0.29) is 17.2 Å². The van der Waals surface area contributed by atoms with Gasteiger partial charge in [-0.2, -0.15) is 13.2 Å². The second-order valence-electron chi connectivity index (χ2n) is 3.98. The maximum Gasteiger partial charge on any atom is 0.443 e. The first-order chi connectivity index (χ1) is 8.47. The Morgan fingerprint density at radius 1 is 1.44 bits per heavy atom. The first-order valence-corrected chi connectivity index (χ1v) is 6.28. The minimum Gasteiger partial charge on any atom is -0.314 e. The maximum absolute atomic E-state index is 12.3. The third-order valence-corrected chi connectivity index (χ3v) is 3.68. The van der Waals surface area contributed by atoms with Crippen molar-refractivity contribution in [3.05, 3.63) is 16.1 Å². The van der Waals surface area contributed by atoms with E-state index in [1.165, 1.54) is 0 Å². The number of Topliss-reactive ketones (excluding diaryl/α,β-unsaturated/α-hetero) is 1. The van der Waals surface area contributed by atoms with Crippen molar-refractivity contribution >= 4 is 17.1 Å². The van der Waals surface area contributed by atoms with Crippen molar-refractivity contribution in [3.63, 3.8) is 0 Å². The highest BCUT2D eigenvalue weighted by Crippen LogP contribution is 2.32. The molecule has 0 aromatic carbocycles. The van der Waals surface area contributed by atoms with Gasteiger partial charge >= 0.3 is 6.18 Å². The molecule has 2 rings (SSSR count). The van der Waals surface area contributed by atoms with E-state index in [0.29, 0.717) is 11.3 Å². The van der Waals surface area contributed by atoms with Crippen molar-refractivity contribution in [1.29, 1.82) is 0 Å². The molecule has 1 aromatic rings. The zero-order valence-electron chi connectivity index (χ0n) is 9.46. The molecule has 1 aliphatic heterocycles. The predicted molar refractivity (Wildman–Crippen MR) is 60.8 cm³/mol. The highest BCUT2D eigenvalue weighted by Gasteiger charge is 2.35. The maximum atomic E-state index is 12.3. The Morgan fingerprint density at radius 2 is 2.11 bits per heavy atom. The van der Waals surface area contributed by atoms with Crippen LogP contribution in [0.3, 0.4) is 0 Å². The highest BCUT2D eigenvalue weighted by molar-refractivity contribution is 7.13. The number of alkyl halides is 3. The second kappa shape index (κ2) is 5.33. The molecular weight excluding hydrogens is 267 g/mol. The molecule has 4 nitrogen and oxygen atoms in total. The number of piperazine rings is 1. The van der Waals surface area contributed by atoms with E-state index in [4.69, 9.17) is 0 Å². The minimum absolute atomic E-state index is 0.0702. The van der Waals surface area contributed by atoms with Crippen molar-refractivity contribution in [1.82, 2.24) is 15.2 Å². The zero-order chi connectivity index (χ0) is 13.2. The smallest absolute Gasteiger partial charge is 0.314 e.